The predicted octanol–water partition coefficient (Wildman–Crippen LogP) is 6.39. The average molecular weight is 616 g/mol. The summed E-state index contributed by atoms with van der Waals surface area (Å²) in [6.07, 6.45) is 0. The number of aliphatic hydroxyl groups is 1. The Morgan fingerprint density at radius 3 is 2.35 bits per heavy atom. The van der Waals surface area contributed by atoms with Gasteiger partial charge in [0.15, 0.2) is 27.4 Å². The van der Waals surface area contributed by atoms with Crippen LogP contribution in [-0.4, -0.2) is 48.3 Å². The highest BCUT2D eigenvalue weighted by Gasteiger charge is 2.47. The van der Waals surface area contributed by atoms with E-state index in [0.29, 0.717) is 43.9 Å². The number of benzene rings is 3. The quantitative estimate of drug-likeness (QED) is 0.107. The molecule has 0 fully saturated rings. The number of rotatable bonds is 10. The van der Waals surface area contributed by atoms with Gasteiger partial charge in [-0.15, -0.1) is 10.2 Å². The fraction of sp³-hybridized carbons (Fsp3) is 0.161. The van der Waals surface area contributed by atoms with Gasteiger partial charge in [-0.2, -0.15) is 0 Å². The van der Waals surface area contributed by atoms with Crippen LogP contribution in [0.2, 0.25) is 0 Å². The van der Waals surface area contributed by atoms with E-state index in [2.05, 4.69) is 10.2 Å². The van der Waals surface area contributed by atoms with E-state index in [0.717, 1.165) is 5.56 Å². The molecule has 1 aliphatic heterocycles. The molecule has 0 saturated carbocycles. The summed E-state index contributed by atoms with van der Waals surface area (Å²) in [5, 5.41) is 20.7. The second kappa shape index (κ2) is 11.8. The summed E-state index contributed by atoms with van der Waals surface area (Å²) < 4.78 is 23.0. The molecule has 3 heterocycles. The van der Waals surface area contributed by atoms with Gasteiger partial charge in [0.25, 0.3) is 5.91 Å². The van der Waals surface area contributed by atoms with Crippen LogP contribution in [0.1, 0.15) is 27.7 Å². The number of nitrogens with zero attached hydrogens (tertiary/aromatic N) is 3. The lowest BCUT2D eigenvalue weighted by Crippen LogP contribution is -2.31. The first-order valence-electron chi connectivity index (χ1n) is 13.0. The minimum absolute atomic E-state index is 0.0220. The fourth-order valence-corrected chi connectivity index (χ4v) is 6.74. The lowest BCUT2D eigenvalue weighted by Gasteiger charge is -2.25. The van der Waals surface area contributed by atoms with Crippen molar-refractivity contribution in [1.82, 2.24) is 10.2 Å². The summed E-state index contributed by atoms with van der Waals surface area (Å²) in [5.74, 6) is -0.577. The molecule has 1 N–H and O–H groups in total. The Hall–Kier alpha value is -4.81. The molecule has 0 bridgehead atoms. The first-order valence-corrected chi connectivity index (χ1v) is 14.8. The summed E-state index contributed by atoms with van der Waals surface area (Å²) in [5.41, 5.74) is 1.85. The molecule has 6 rings (SSSR count). The molecule has 0 unspecified atom stereocenters. The number of Topliss-reactive ketones (excluding diaryl/α,β-unsaturated/α-hetero) is 1. The molecule has 5 aromatic rings. The number of hydrogen-bond acceptors (Lipinski definition) is 11. The second-order valence-electron chi connectivity index (χ2n) is 9.40. The van der Waals surface area contributed by atoms with Gasteiger partial charge < -0.3 is 23.7 Å². The minimum Gasteiger partial charge on any atom is -0.503 e. The zero-order chi connectivity index (χ0) is 30.1. The highest BCUT2D eigenvalue weighted by atomic mass is 32.2. The van der Waals surface area contributed by atoms with Crippen molar-refractivity contribution in [2.45, 2.75) is 16.1 Å². The molecule has 10 nitrogen and oxygen atoms in total. The molecule has 12 heteroatoms. The molecule has 43 heavy (non-hydrogen) atoms. The number of ether oxygens (including phenoxy) is 3. The van der Waals surface area contributed by atoms with E-state index in [4.69, 9.17) is 18.6 Å². The van der Waals surface area contributed by atoms with E-state index in [1.807, 2.05) is 42.5 Å². The third kappa shape index (κ3) is 5.19. The maximum Gasteiger partial charge on any atom is 0.296 e. The van der Waals surface area contributed by atoms with Crippen molar-refractivity contribution < 1.29 is 33.3 Å². The maximum atomic E-state index is 14.0. The third-order valence-corrected chi connectivity index (χ3v) is 9.04. The SMILES string of the molecule is COc1cc([C@H]2C(C(=O)c3cc4ccccc4o3)=C(O)C(=O)N2c2nnc(SCc3ccccc3)s2)cc(OC)c1OC. The van der Waals surface area contributed by atoms with Crippen molar-refractivity contribution in [3.05, 3.63) is 101 Å². The maximum absolute atomic E-state index is 14.0. The number of carbonyl (C=O) groups excluding carboxylic acids is 2. The average Bonchev–Trinajstić information content (AvgIpc) is 3.76. The number of anilines is 1. The van der Waals surface area contributed by atoms with Gasteiger partial charge in [0.1, 0.15) is 5.58 Å². The molecule has 0 radical (unpaired) electrons. The van der Waals surface area contributed by atoms with Crippen LogP contribution in [0.4, 0.5) is 5.13 Å². The molecule has 1 amide bonds. The predicted molar refractivity (Wildman–Crippen MR) is 162 cm³/mol. The number of furan rings is 1. The molecule has 3 aromatic carbocycles. The molecular formula is C31H25N3O7S2. The lowest BCUT2D eigenvalue weighted by molar-refractivity contribution is -0.117. The monoisotopic (exact) mass is 615 g/mol. The van der Waals surface area contributed by atoms with Gasteiger partial charge >= 0.3 is 0 Å². The number of thioether (sulfide) groups is 1. The highest BCUT2D eigenvalue weighted by molar-refractivity contribution is 8.00. The molecule has 0 saturated heterocycles. The zero-order valence-electron chi connectivity index (χ0n) is 23.3. The highest BCUT2D eigenvalue weighted by Crippen LogP contribution is 2.48. The topological polar surface area (TPSA) is 124 Å². The number of para-hydroxylation sites is 1. The first kappa shape index (κ1) is 28.3. The van der Waals surface area contributed by atoms with Crippen molar-refractivity contribution in [1.29, 1.82) is 0 Å². The van der Waals surface area contributed by atoms with E-state index in [1.165, 1.54) is 49.3 Å². The largest absolute Gasteiger partial charge is 0.503 e. The van der Waals surface area contributed by atoms with Gasteiger partial charge in [-0.05, 0) is 35.4 Å². The van der Waals surface area contributed by atoms with E-state index in [1.54, 1.807) is 30.3 Å². The Morgan fingerprint density at radius 2 is 1.67 bits per heavy atom. The van der Waals surface area contributed by atoms with Gasteiger partial charge in [0, 0.05) is 11.1 Å². The Morgan fingerprint density at radius 1 is 0.977 bits per heavy atom. The van der Waals surface area contributed by atoms with Crippen LogP contribution in [0.15, 0.2) is 92.9 Å². The van der Waals surface area contributed by atoms with E-state index in [-0.39, 0.29) is 16.5 Å². The van der Waals surface area contributed by atoms with Crippen LogP contribution >= 0.6 is 23.1 Å². The van der Waals surface area contributed by atoms with Crippen molar-refractivity contribution in [3.63, 3.8) is 0 Å². The van der Waals surface area contributed by atoms with Crippen LogP contribution < -0.4 is 19.1 Å². The summed E-state index contributed by atoms with van der Waals surface area (Å²) in [6.45, 7) is 0. The standard InChI is InChI=1S/C31H25N3O7S2/c1-38-22-14-19(15-23(39-2)28(22)40-3)25-24(26(35)21-13-18-11-7-8-12-20(18)41-21)27(36)29(37)34(25)30-32-33-31(43-30)42-16-17-9-5-4-6-10-17/h4-15,25,36H,16H2,1-3H3/t25-/m0/s1. The number of amides is 1. The van der Waals surface area contributed by atoms with Crippen LogP contribution in [-0.2, 0) is 10.5 Å². The Balaban J connectivity index is 1.44. The van der Waals surface area contributed by atoms with E-state index < -0.39 is 23.5 Å². The number of aliphatic hydroxyl groups excluding tert-OH is 1. The van der Waals surface area contributed by atoms with Gasteiger partial charge in [-0.25, -0.2) is 0 Å². The molecule has 1 atom stereocenters. The zero-order valence-corrected chi connectivity index (χ0v) is 24.9. The first-order chi connectivity index (χ1) is 20.9. The van der Waals surface area contributed by atoms with Crippen molar-refractivity contribution in [3.8, 4) is 17.2 Å². The molecule has 218 valence electrons. The number of carbonyl (C=O) groups is 2. The number of aromatic nitrogens is 2. The van der Waals surface area contributed by atoms with E-state index >= 15 is 0 Å². The smallest absolute Gasteiger partial charge is 0.296 e. The number of hydrogen-bond donors (Lipinski definition) is 1. The normalized spacial score (nSPS) is 14.9. The Labute approximate surface area is 254 Å². The van der Waals surface area contributed by atoms with Gasteiger partial charge in [0.2, 0.25) is 16.7 Å². The van der Waals surface area contributed by atoms with Crippen LogP contribution in [0.5, 0.6) is 17.2 Å². The van der Waals surface area contributed by atoms with Crippen molar-refractivity contribution in [2.75, 3.05) is 26.2 Å². The summed E-state index contributed by atoms with van der Waals surface area (Å²) >= 11 is 2.65. The van der Waals surface area contributed by atoms with Crippen LogP contribution in [0.25, 0.3) is 11.0 Å². The van der Waals surface area contributed by atoms with E-state index in [9.17, 15) is 14.7 Å². The molecule has 1 aliphatic rings. The molecular weight excluding hydrogens is 590 g/mol. The fourth-order valence-electron chi connectivity index (χ4n) is 4.91. The van der Waals surface area contributed by atoms with Crippen LogP contribution in [0.3, 0.4) is 0 Å². The molecule has 0 aliphatic carbocycles. The van der Waals surface area contributed by atoms with Gasteiger partial charge in [-0.3, -0.25) is 14.5 Å². The Bertz CT molecular complexity index is 1810. The third-order valence-electron chi connectivity index (χ3n) is 6.91. The number of fused-ring (bicyclic) bond motifs is 1. The molecule has 2 aromatic heterocycles. The summed E-state index contributed by atoms with van der Waals surface area (Å²) in [4.78, 5) is 29.0. The molecule has 0 spiro atoms. The van der Waals surface area contributed by atoms with Crippen molar-refractivity contribution >= 4 is 50.9 Å². The number of ketones is 1. The summed E-state index contributed by atoms with van der Waals surface area (Å²) in [6, 6.07) is 20.8. The van der Waals surface area contributed by atoms with Gasteiger partial charge in [-0.1, -0.05) is 71.6 Å². The Kier molecular flexibility index (Phi) is 7.78. The minimum atomic E-state index is -1.11. The second-order valence-corrected chi connectivity index (χ2v) is 11.6. The summed E-state index contributed by atoms with van der Waals surface area (Å²) in [7, 11) is 4.41. The van der Waals surface area contributed by atoms with Crippen molar-refractivity contribution in [2.24, 2.45) is 0 Å². The lowest BCUT2D eigenvalue weighted by atomic mass is 9.94. The van der Waals surface area contributed by atoms with Gasteiger partial charge in [0.05, 0.1) is 32.9 Å². The van der Waals surface area contributed by atoms with Crippen LogP contribution in [0, 0.1) is 0 Å². The number of methoxy groups -OCH3 is 3.